The van der Waals surface area contributed by atoms with Crippen molar-refractivity contribution in [2.75, 3.05) is 0 Å². The van der Waals surface area contributed by atoms with Gasteiger partial charge in [0.05, 0.1) is 0 Å². The summed E-state index contributed by atoms with van der Waals surface area (Å²) >= 11 is 0. The number of nitrogens with two attached hydrogens (primary N) is 1. The molecule has 0 fully saturated rings. The van der Waals surface area contributed by atoms with Crippen molar-refractivity contribution in [3.8, 4) is 5.88 Å². The zero-order chi connectivity index (χ0) is 13.2. The summed E-state index contributed by atoms with van der Waals surface area (Å²) in [7, 11) is 0. The summed E-state index contributed by atoms with van der Waals surface area (Å²) in [5.74, 6) is -1.33. The number of aromatic amines is 1. The molecule has 0 aliphatic heterocycles. The monoisotopic (exact) mass is 258 g/mol. The van der Waals surface area contributed by atoms with Gasteiger partial charge in [-0.25, -0.2) is 8.78 Å². The molecular weight excluding hydrogens is 251 g/mol. The average Bonchev–Trinajstić information content (AvgIpc) is 2.13. The van der Waals surface area contributed by atoms with Gasteiger partial charge in [0.15, 0.2) is 5.43 Å². The second-order valence-electron chi connectivity index (χ2n) is 2.95. The molecule has 3 N–H and O–H groups in total. The van der Waals surface area contributed by atoms with Crippen LogP contribution in [0.25, 0.3) is 0 Å². The second kappa shape index (κ2) is 4.70. The van der Waals surface area contributed by atoms with Crippen LogP contribution in [0.4, 0.5) is 22.0 Å². The van der Waals surface area contributed by atoms with E-state index in [9.17, 15) is 26.7 Å². The first-order valence-corrected chi connectivity index (χ1v) is 4.24. The zero-order valence-electron chi connectivity index (χ0n) is 8.15. The molecule has 0 spiro atoms. The maximum atomic E-state index is 12.4. The summed E-state index contributed by atoms with van der Waals surface area (Å²) in [4.78, 5) is 13.0. The van der Waals surface area contributed by atoms with E-state index in [2.05, 4.69) is 4.74 Å². The van der Waals surface area contributed by atoms with E-state index < -0.39 is 29.7 Å². The fourth-order valence-electron chi connectivity index (χ4n) is 1.11. The van der Waals surface area contributed by atoms with Gasteiger partial charge >= 0.3 is 6.36 Å². The standard InChI is InChI=1S/C8H7F5N2O2/c9-6(10)5-4(16)1-3(2-14)15-7(5)17-8(11,12)13/h1,6H,2,14H2,(H,15,16). The molecule has 0 radical (unpaired) electrons. The Balaban J connectivity index is 3.33. The zero-order valence-corrected chi connectivity index (χ0v) is 8.15. The largest absolute Gasteiger partial charge is 0.574 e. The van der Waals surface area contributed by atoms with Crippen molar-refractivity contribution in [3.63, 3.8) is 0 Å². The first-order chi connectivity index (χ1) is 7.74. The van der Waals surface area contributed by atoms with E-state index in [1.165, 1.54) is 0 Å². The van der Waals surface area contributed by atoms with E-state index in [1.54, 1.807) is 0 Å². The Morgan fingerprint density at radius 1 is 1.41 bits per heavy atom. The molecular formula is C8H7F5N2O2. The van der Waals surface area contributed by atoms with Gasteiger partial charge in [-0.1, -0.05) is 0 Å². The second-order valence-corrected chi connectivity index (χ2v) is 2.95. The van der Waals surface area contributed by atoms with Crippen LogP contribution in [-0.2, 0) is 6.54 Å². The predicted molar refractivity (Wildman–Crippen MR) is 46.6 cm³/mol. The predicted octanol–water partition coefficient (Wildman–Crippen LogP) is 1.67. The minimum absolute atomic E-state index is 0.140. The molecule has 96 valence electrons. The fourth-order valence-corrected chi connectivity index (χ4v) is 1.11. The molecule has 9 heteroatoms. The van der Waals surface area contributed by atoms with Crippen molar-refractivity contribution in [1.82, 2.24) is 4.98 Å². The molecule has 4 nitrogen and oxygen atoms in total. The van der Waals surface area contributed by atoms with E-state index >= 15 is 0 Å². The van der Waals surface area contributed by atoms with Crippen LogP contribution in [0.3, 0.4) is 0 Å². The Morgan fingerprint density at radius 3 is 2.41 bits per heavy atom. The van der Waals surface area contributed by atoms with E-state index in [1.807, 2.05) is 4.98 Å². The van der Waals surface area contributed by atoms with Gasteiger partial charge in [0.1, 0.15) is 5.56 Å². The van der Waals surface area contributed by atoms with Gasteiger partial charge in [0.2, 0.25) is 5.88 Å². The Hall–Kier alpha value is -1.64. The number of ether oxygens (including phenoxy) is 1. The number of pyridine rings is 1. The van der Waals surface area contributed by atoms with Crippen LogP contribution in [0.1, 0.15) is 17.7 Å². The Morgan fingerprint density at radius 2 is 2.00 bits per heavy atom. The number of hydrogen-bond donors (Lipinski definition) is 2. The van der Waals surface area contributed by atoms with Gasteiger partial charge in [-0.3, -0.25) is 4.79 Å². The van der Waals surface area contributed by atoms with Crippen molar-refractivity contribution in [2.24, 2.45) is 5.73 Å². The summed E-state index contributed by atoms with van der Waals surface area (Å²) in [5, 5.41) is 0. The number of nitrogens with one attached hydrogen (secondary N) is 1. The number of rotatable bonds is 3. The number of aromatic nitrogens is 1. The Bertz CT molecular complexity index is 454. The lowest BCUT2D eigenvalue weighted by molar-refractivity contribution is -0.276. The van der Waals surface area contributed by atoms with Crippen LogP contribution < -0.4 is 15.9 Å². The van der Waals surface area contributed by atoms with Gasteiger partial charge < -0.3 is 15.5 Å². The molecule has 1 heterocycles. The van der Waals surface area contributed by atoms with Gasteiger partial charge in [-0.05, 0) is 0 Å². The quantitative estimate of drug-likeness (QED) is 0.810. The third-order valence-corrected chi connectivity index (χ3v) is 1.75. The highest BCUT2D eigenvalue weighted by Gasteiger charge is 2.34. The lowest BCUT2D eigenvalue weighted by Crippen LogP contribution is -2.23. The Labute approximate surface area is 91.2 Å². The van der Waals surface area contributed by atoms with Gasteiger partial charge in [0, 0.05) is 18.3 Å². The van der Waals surface area contributed by atoms with Crippen LogP contribution in [-0.4, -0.2) is 11.3 Å². The number of halogens is 5. The summed E-state index contributed by atoms with van der Waals surface area (Å²) in [6.45, 7) is -0.313. The molecule has 1 aromatic rings. The normalized spacial score (nSPS) is 11.9. The highest BCUT2D eigenvalue weighted by molar-refractivity contribution is 5.29. The summed E-state index contributed by atoms with van der Waals surface area (Å²) in [5.41, 5.74) is 2.30. The highest BCUT2D eigenvalue weighted by Crippen LogP contribution is 2.28. The fraction of sp³-hybridized carbons (Fsp3) is 0.375. The third-order valence-electron chi connectivity index (χ3n) is 1.75. The molecule has 0 aliphatic rings. The molecule has 17 heavy (non-hydrogen) atoms. The van der Waals surface area contributed by atoms with Crippen molar-refractivity contribution < 1.29 is 26.7 Å². The van der Waals surface area contributed by atoms with Crippen LogP contribution in [0, 0.1) is 0 Å². The Kier molecular flexibility index (Phi) is 3.71. The first-order valence-electron chi connectivity index (χ1n) is 4.24. The number of H-pyrrole nitrogens is 1. The van der Waals surface area contributed by atoms with Crippen LogP contribution in [0.5, 0.6) is 5.88 Å². The molecule has 0 saturated carbocycles. The molecule has 0 aromatic carbocycles. The minimum Gasteiger partial charge on any atom is -0.389 e. The van der Waals surface area contributed by atoms with Crippen molar-refractivity contribution in [3.05, 3.63) is 27.5 Å². The SMILES string of the molecule is NCc1cc(=O)c(C(F)F)c(OC(F)(F)F)[nH]1. The van der Waals surface area contributed by atoms with Crippen molar-refractivity contribution in [1.29, 1.82) is 0 Å². The summed E-state index contributed by atoms with van der Waals surface area (Å²) in [6, 6.07) is 0.699. The summed E-state index contributed by atoms with van der Waals surface area (Å²) in [6.07, 6.45) is -8.57. The smallest absolute Gasteiger partial charge is 0.389 e. The summed E-state index contributed by atoms with van der Waals surface area (Å²) < 4.78 is 63.9. The van der Waals surface area contributed by atoms with Crippen LogP contribution in [0.2, 0.25) is 0 Å². The molecule has 1 rings (SSSR count). The van der Waals surface area contributed by atoms with Gasteiger partial charge in [-0.2, -0.15) is 0 Å². The maximum absolute atomic E-state index is 12.4. The number of hydrogen-bond acceptors (Lipinski definition) is 3. The van der Waals surface area contributed by atoms with Crippen molar-refractivity contribution >= 4 is 0 Å². The minimum atomic E-state index is -5.18. The van der Waals surface area contributed by atoms with Gasteiger partial charge in [0.25, 0.3) is 6.43 Å². The molecule has 0 amide bonds. The average molecular weight is 258 g/mol. The molecule has 0 saturated heterocycles. The molecule has 0 bridgehead atoms. The first kappa shape index (κ1) is 13.4. The van der Waals surface area contributed by atoms with E-state index in [-0.39, 0.29) is 12.2 Å². The topological polar surface area (TPSA) is 68.1 Å². The lowest BCUT2D eigenvalue weighted by atomic mass is 10.2. The lowest BCUT2D eigenvalue weighted by Gasteiger charge is -2.13. The molecule has 0 atom stereocenters. The van der Waals surface area contributed by atoms with Crippen molar-refractivity contribution in [2.45, 2.75) is 19.3 Å². The highest BCUT2D eigenvalue weighted by atomic mass is 19.4. The maximum Gasteiger partial charge on any atom is 0.574 e. The van der Waals surface area contributed by atoms with Crippen LogP contribution in [0.15, 0.2) is 10.9 Å². The van der Waals surface area contributed by atoms with Crippen LogP contribution >= 0.6 is 0 Å². The molecule has 0 unspecified atom stereocenters. The number of alkyl halides is 5. The molecule has 1 aromatic heterocycles. The van der Waals surface area contributed by atoms with E-state index in [0.29, 0.717) is 6.07 Å². The van der Waals surface area contributed by atoms with E-state index in [0.717, 1.165) is 0 Å². The van der Waals surface area contributed by atoms with Gasteiger partial charge in [-0.15, -0.1) is 13.2 Å². The third kappa shape index (κ3) is 3.41. The van der Waals surface area contributed by atoms with E-state index in [4.69, 9.17) is 5.73 Å². The molecule has 0 aliphatic carbocycles.